The number of fused-ring (bicyclic) bond motifs is 2. The van der Waals surface area contributed by atoms with E-state index in [4.69, 9.17) is 14.3 Å². The fourth-order valence-electron chi connectivity index (χ4n) is 5.01. The first-order valence-electron chi connectivity index (χ1n) is 11.1. The second-order valence-electron chi connectivity index (χ2n) is 10.3. The van der Waals surface area contributed by atoms with Crippen molar-refractivity contribution in [2.24, 2.45) is 0 Å². The van der Waals surface area contributed by atoms with Gasteiger partial charge in [0.2, 0.25) is 0 Å². The lowest BCUT2D eigenvalue weighted by Crippen LogP contribution is -2.41. The second kappa shape index (κ2) is 6.78. The molecule has 0 amide bonds. The summed E-state index contributed by atoms with van der Waals surface area (Å²) in [6, 6.07) is 21.7. The summed E-state index contributed by atoms with van der Waals surface area (Å²) in [7, 11) is -0.375. The molecule has 1 fully saturated rings. The van der Waals surface area contributed by atoms with Crippen LogP contribution < -0.4 is 5.46 Å². The molecule has 0 saturated carbocycles. The number of aromatic nitrogens is 1. The van der Waals surface area contributed by atoms with Gasteiger partial charge in [-0.1, -0.05) is 62.4 Å². The second-order valence-corrected chi connectivity index (χ2v) is 10.3. The van der Waals surface area contributed by atoms with Crippen molar-refractivity contribution < 1.29 is 9.31 Å². The van der Waals surface area contributed by atoms with Crippen molar-refractivity contribution in [3.05, 3.63) is 94.8 Å². The Kier molecular flexibility index (Phi) is 4.48. The maximum Gasteiger partial charge on any atom is 0.494 e. The standard InChI is InChI=1S/C27H30BNO2/c1-25(2)21-12-8-7-11-19(21)24(23-13-9-10-16-29-23)20-17-18(14-15-22(20)25)28-30-26(3,4)27(5,6)31-28/h7-17,24H,1-6H3. The molecule has 0 spiro atoms. The smallest absolute Gasteiger partial charge is 0.399 e. The molecule has 1 aliphatic carbocycles. The molecule has 1 atom stereocenters. The van der Waals surface area contributed by atoms with Crippen molar-refractivity contribution in [3.63, 3.8) is 0 Å². The molecule has 3 nitrogen and oxygen atoms in total. The molecule has 1 saturated heterocycles. The van der Waals surface area contributed by atoms with Gasteiger partial charge in [-0.25, -0.2) is 0 Å². The summed E-state index contributed by atoms with van der Waals surface area (Å²) in [5.41, 5.74) is 6.63. The highest BCUT2D eigenvalue weighted by molar-refractivity contribution is 6.62. The minimum absolute atomic E-state index is 0.0859. The van der Waals surface area contributed by atoms with Crippen molar-refractivity contribution in [2.45, 2.75) is 64.1 Å². The average molecular weight is 411 g/mol. The molecule has 0 N–H and O–H groups in total. The molecule has 0 radical (unpaired) electrons. The van der Waals surface area contributed by atoms with Crippen LogP contribution in [0.15, 0.2) is 66.9 Å². The van der Waals surface area contributed by atoms with Crippen LogP contribution in [0.1, 0.15) is 75.4 Å². The molecular weight excluding hydrogens is 381 g/mol. The first-order chi connectivity index (χ1) is 14.6. The van der Waals surface area contributed by atoms with Crippen LogP contribution in [0.25, 0.3) is 0 Å². The van der Waals surface area contributed by atoms with Gasteiger partial charge >= 0.3 is 7.12 Å². The first-order valence-corrected chi connectivity index (χ1v) is 11.1. The van der Waals surface area contributed by atoms with E-state index in [1.807, 2.05) is 12.3 Å². The lowest BCUT2D eigenvalue weighted by atomic mass is 9.63. The molecule has 2 aliphatic rings. The number of benzene rings is 2. The average Bonchev–Trinajstić information content (AvgIpc) is 2.96. The zero-order valence-electron chi connectivity index (χ0n) is 19.3. The third-order valence-corrected chi connectivity index (χ3v) is 7.51. The molecule has 158 valence electrons. The number of pyridine rings is 1. The molecule has 1 unspecified atom stereocenters. The van der Waals surface area contributed by atoms with Gasteiger partial charge in [0, 0.05) is 11.6 Å². The number of hydrogen-bond donors (Lipinski definition) is 0. The third-order valence-electron chi connectivity index (χ3n) is 7.51. The van der Waals surface area contributed by atoms with E-state index in [-0.39, 0.29) is 29.7 Å². The summed E-state index contributed by atoms with van der Waals surface area (Å²) < 4.78 is 12.7. The Morgan fingerprint density at radius 2 is 1.39 bits per heavy atom. The Bertz CT molecular complexity index is 1120. The summed E-state index contributed by atoms with van der Waals surface area (Å²) in [6.45, 7) is 13.0. The lowest BCUT2D eigenvalue weighted by Gasteiger charge is -2.39. The van der Waals surface area contributed by atoms with Crippen molar-refractivity contribution in [2.75, 3.05) is 0 Å². The monoisotopic (exact) mass is 411 g/mol. The largest absolute Gasteiger partial charge is 0.494 e. The topological polar surface area (TPSA) is 31.4 Å². The summed E-state index contributed by atoms with van der Waals surface area (Å²) in [4.78, 5) is 4.76. The predicted molar refractivity (Wildman–Crippen MR) is 126 cm³/mol. The van der Waals surface area contributed by atoms with Crippen LogP contribution in [0.4, 0.5) is 0 Å². The molecule has 1 aromatic heterocycles. The van der Waals surface area contributed by atoms with Crippen LogP contribution in [-0.4, -0.2) is 23.3 Å². The Hall–Kier alpha value is -2.43. The SMILES string of the molecule is CC1(C)c2ccccc2C(c2ccccn2)c2cc(B3OC(C)(C)C(C)(C)O3)ccc21. The molecule has 2 heterocycles. The summed E-state index contributed by atoms with van der Waals surface area (Å²) in [5.74, 6) is 0.0859. The van der Waals surface area contributed by atoms with Gasteiger partial charge < -0.3 is 9.31 Å². The van der Waals surface area contributed by atoms with E-state index in [1.54, 1.807) is 0 Å². The van der Waals surface area contributed by atoms with Crippen LogP contribution in [0, 0.1) is 0 Å². The number of nitrogens with zero attached hydrogens (tertiary/aromatic N) is 1. The van der Waals surface area contributed by atoms with Crippen molar-refractivity contribution in [3.8, 4) is 0 Å². The van der Waals surface area contributed by atoms with Gasteiger partial charge in [0.25, 0.3) is 0 Å². The molecule has 0 bridgehead atoms. The van der Waals surface area contributed by atoms with Crippen LogP contribution in [-0.2, 0) is 14.7 Å². The molecule has 31 heavy (non-hydrogen) atoms. The highest BCUT2D eigenvalue weighted by atomic mass is 16.7. The number of rotatable bonds is 2. The maximum atomic E-state index is 6.37. The van der Waals surface area contributed by atoms with Gasteiger partial charge in [-0.05, 0) is 67.5 Å². The fourth-order valence-corrected chi connectivity index (χ4v) is 5.01. The first kappa shape index (κ1) is 20.5. The van der Waals surface area contributed by atoms with Crippen LogP contribution in [0.3, 0.4) is 0 Å². The number of hydrogen-bond acceptors (Lipinski definition) is 3. The zero-order chi connectivity index (χ0) is 22.0. The Balaban J connectivity index is 1.69. The lowest BCUT2D eigenvalue weighted by molar-refractivity contribution is 0.00578. The molecule has 4 heteroatoms. The van der Waals surface area contributed by atoms with Crippen LogP contribution >= 0.6 is 0 Å². The minimum atomic E-state index is -0.375. The highest BCUT2D eigenvalue weighted by Crippen LogP contribution is 2.48. The maximum absolute atomic E-state index is 6.37. The van der Waals surface area contributed by atoms with Crippen molar-refractivity contribution in [1.29, 1.82) is 0 Å². The predicted octanol–water partition coefficient (Wildman–Crippen LogP) is 5.20. The van der Waals surface area contributed by atoms with E-state index in [0.29, 0.717) is 0 Å². The Morgan fingerprint density at radius 3 is 2.06 bits per heavy atom. The van der Waals surface area contributed by atoms with Gasteiger partial charge in [-0.3, -0.25) is 4.98 Å². The molecule has 3 aromatic rings. The van der Waals surface area contributed by atoms with Gasteiger partial charge in [0.15, 0.2) is 0 Å². The van der Waals surface area contributed by atoms with Gasteiger partial charge in [-0.2, -0.15) is 0 Å². The van der Waals surface area contributed by atoms with Crippen LogP contribution in [0.2, 0.25) is 0 Å². The van der Waals surface area contributed by atoms with Crippen molar-refractivity contribution >= 4 is 12.6 Å². The van der Waals surface area contributed by atoms with Crippen LogP contribution in [0.5, 0.6) is 0 Å². The quantitative estimate of drug-likeness (QED) is 0.543. The van der Waals surface area contributed by atoms with Gasteiger partial charge in [-0.15, -0.1) is 0 Å². The summed E-state index contributed by atoms with van der Waals surface area (Å²) in [5, 5.41) is 0. The minimum Gasteiger partial charge on any atom is -0.399 e. The molecular formula is C27H30BNO2. The van der Waals surface area contributed by atoms with Gasteiger partial charge in [0.1, 0.15) is 0 Å². The van der Waals surface area contributed by atoms with E-state index < -0.39 is 0 Å². The van der Waals surface area contributed by atoms with E-state index in [0.717, 1.165) is 11.2 Å². The van der Waals surface area contributed by atoms with E-state index in [1.165, 1.54) is 22.3 Å². The molecule has 2 aromatic carbocycles. The Morgan fingerprint density at radius 1 is 0.742 bits per heavy atom. The Labute approximate surface area is 186 Å². The van der Waals surface area contributed by atoms with Gasteiger partial charge in [0.05, 0.1) is 22.8 Å². The van der Waals surface area contributed by atoms with Crippen molar-refractivity contribution in [1.82, 2.24) is 4.98 Å². The zero-order valence-corrected chi connectivity index (χ0v) is 19.3. The molecule has 1 aliphatic heterocycles. The van der Waals surface area contributed by atoms with E-state index in [2.05, 4.69) is 96.1 Å². The third kappa shape index (κ3) is 3.08. The van der Waals surface area contributed by atoms with E-state index in [9.17, 15) is 0 Å². The molecule has 5 rings (SSSR count). The normalized spacial score (nSPS) is 22.6. The fraction of sp³-hybridized carbons (Fsp3) is 0.370. The van der Waals surface area contributed by atoms with E-state index >= 15 is 0 Å². The highest BCUT2D eigenvalue weighted by Gasteiger charge is 2.52. The summed E-state index contributed by atoms with van der Waals surface area (Å²) in [6.07, 6.45) is 1.88. The summed E-state index contributed by atoms with van der Waals surface area (Å²) >= 11 is 0.